The van der Waals surface area contributed by atoms with E-state index in [1.807, 2.05) is 24.3 Å². The molecule has 25 heavy (non-hydrogen) atoms. The third-order valence-electron chi connectivity index (χ3n) is 3.81. The number of aliphatic carboxylic acids is 1. The predicted octanol–water partition coefficient (Wildman–Crippen LogP) is 4.11. The maximum Gasteiger partial charge on any atom is 0.303 e. The summed E-state index contributed by atoms with van der Waals surface area (Å²) in [5.41, 5.74) is 2.65. The van der Waals surface area contributed by atoms with Crippen molar-refractivity contribution in [2.24, 2.45) is 4.99 Å². The van der Waals surface area contributed by atoms with Crippen molar-refractivity contribution < 1.29 is 19.7 Å². The normalized spacial score (nSPS) is 14.0. The average molecular weight is 376 g/mol. The lowest BCUT2D eigenvalue weighted by Crippen LogP contribution is -2.01. The van der Waals surface area contributed by atoms with E-state index in [0.29, 0.717) is 21.8 Å². The number of ether oxygens (including phenoxy) is 1. The Bertz CT molecular complexity index is 941. The van der Waals surface area contributed by atoms with Gasteiger partial charge in [0.05, 0.1) is 17.7 Å². The van der Waals surface area contributed by atoms with Gasteiger partial charge in [-0.2, -0.15) is 0 Å². The van der Waals surface area contributed by atoms with Gasteiger partial charge in [-0.1, -0.05) is 0 Å². The van der Waals surface area contributed by atoms with Gasteiger partial charge in [-0.25, -0.2) is 0 Å². The van der Waals surface area contributed by atoms with E-state index in [4.69, 9.17) is 22.1 Å². The van der Waals surface area contributed by atoms with Crippen LogP contribution in [0.1, 0.15) is 23.3 Å². The molecule has 1 aliphatic rings. The molecule has 0 fully saturated rings. The van der Waals surface area contributed by atoms with Crippen molar-refractivity contribution in [2.75, 3.05) is 7.11 Å². The molecular formula is C17H16N2O4S2. The number of rotatable bonds is 6. The molecule has 1 aromatic heterocycles. The number of thiazole rings is 1. The molecule has 2 heterocycles. The minimum absolute atomic E-state index is 0.0371. The fraction of sp³-hybridized carbons (Fsp3) is 0.235. The maximum atomic E-state index is 10.6. The average Bonchev–Trinajstić information content (AvgIpc) is 3.10. The van der Waals surface area contributed by atoms with Crippen LogP contribution in [0.15, 0.2) is 23.2 Å². The number of hydrogen-bond donors (Lipinski definition) is 2. The van der Waals surface area contributed by atoms with Gasteiger partial charge in [0.25, 0.3) is 0 Å². The fourth-order valence-corrected chi connectivity index (χ4v) is 3.86. The summed E-state index contributed by atoms with van der Waals surface area (Å²) < 4.78 is 7.27. The lowest BCUT2D eigenvalue weighted by Gasteiger charge is -2.04. The van der Waals surface area contributed by atoms with Gasteiger partial charge in [0.2, 0.25) is 5.88 Å². The first-order valence-electron chi connectivity index (χ1n) is 7.58. The topological polar surface area (TPSA) is 84.1 Å². The Morgan fingerprint density at radius 3 is 3.00 bits per heavy atom. The number of fused-ring (bicyclic) bond motifs is 1. The first-order chi connectivity index (χ1) is 12.0. The number of benzene rings is 1. The van der Waals surface area contributed by atoms with Crippen LogP contribution in [-0.2, 0) is 11.3 Å². The molecule has 0 saturated carbocycles. The minimum Gasteiger partial charge on any atom is -0.497 e. The molecule has 0 unspecified atom stereocenters. The van der Waals surface area contributed by atoms with E-state index in [2.05, 4.69) is 4.99 Å². The second-order valence-corrected chi connectivity index (χ2v) is 7.12. The minimum atomic E-state index is -0.863. The van der Waals surface area contributed by atoms with E-state index in [0.717, 1.165) is 22.6 Å². The van der Waals surface area contributed by atoms with Crippen LogP contribution in [0.25, 0.3) is 11.6 Å². The summed E-state index contributed by atoms with van der Waals surface area (Å²) in [6, 6.07) is 5.64. The highest BCUT2D eigenvalue weighted by molar-refractivity contribution is 7.73. The van der Waals surface area contributed by atoms with Crippen LogP contribution in [0, 0.1) is 3.95 Å². The zero-order chi connectivity index (χ0) is 18.0. The monoisotopic (exact) mass is 376 g/mol. The number of aliphatic imine (C=N–C) groups is 1. The van der Waals surface area contributed by atoms with Crippen molar-refractivity contribution in [3.8, 4) is 11.6 Å². The molecule has 1 aliphatic heterocycles. The molecule has 8 heteroatoms. The highest BCUT2D eigenvalue weighted by Crippen LogP contribution is 2.37. The molecule has 1 aromatic carbocycles. The van der Waals surface area contributed by atoms with Gasteiger partial charge in [-0.15, -0.1) is 11.3 Å². The predicted molar refractivity (Wildman–Crippen MR) is 101 cm³/mol. The van der Waals surface area contributed by atoms with Crippen LogP contribution >= 0.6 is 23.6 Å². The Balaban J connectivity index is 1.88. The largest absolute Gasteiger partial charge is 0.497 e. The first kappa shape index (κ1) is 17.4. The summed E-state index contributed by atoms with van der Waals surface area (Å²) >= 11 is 6.57. The third-order valence-corrected chi connectivity index (χ3v) is 5.20. The highest BCUT2D eigenvalue weighted by atomic mass is 32.1. The summed E-state index contributed by atoms with van der Waals surface area (Å²) in [4.78, 5) is 15.6. The van der Waals surface area contributed by atoms with E-state index in [-0.39, 0.29) is 12.3 Å². The van der Waals surface area contributed by atoms with Crippen molar-refractivity contribution in [3.05, 3.63) is 32.6 Å². The number of nitrogens with zero attached hydrogens (tertiary/aromatic N) is 2. The smallest absolute Gasteiger partial charge is 0.303 e. The van der Waals surface area contributed by atoms with Gasteiger partial charge >= 0.3 is 5.97 Å². The van der Waals surface area contributed by atoms with Gasteiger partial charge in [0, 0.05) is 36.4 Å². The second-order valence-electron chi connectivity index (χ2n) is 5.45. The van der Waals surface area contributed by atoms with Gasteiger partial charge in [-0.05, 0) is 36.8 Å². The number of methoxy groups -OCH3 is 1. The van der Waals surface area contributed by atoms with E-state index < -0.39 is 5.97 Å². The van der Waals surface area contributed by atoms with Crippen LogP contribution in [-0.4, -0.2) is 34.1 Å². The van der Waals surface area contributed by atoms with E-state index in [9.17, 15) is 9.90 Å². The highest BCUT2D eigenvalue weighted by Gasteiger charge is 2.16. The van der Waals surface area contributed by atoms with Gasteiger partial charge < -0.3 is 14.9 Å². The lowest BCUT2D eigenvalue weighted by molar-refractivity contribution is -0.137. The van der Waals surface area contributed by atoms with Gasteiger partial charge in [0.1, 0.15) is 5.75 Å². The molecule has 0 spiro atoms. The first-order valence-corrected chi connectivity index (χ1v) is 8.80. The molecule has 0 bridgehead atoms. The Hall–Kier alpha value is -2.45. The van der Waals surface area contributed by atoms with Crippen molar-refractivity contribution in [1.29, 1.82) is 0 Å². The molecule has 0 saturated heterocycles. The summed E-state index contributed by atoms with van der Waals surface area (Å²) in [5.74, 6) is -0.0683. The van der Waals surface area contributed by atoms with Crippen LogP contribution in [0.2, 0.25) is 0 Å². The molecule has 2 N–H and O–H groups in total. The van der Waals surface area contributed by atoms with Gasteiger partial charge in [-0.3, -0.25) is 14.4 Å². The molecule has 2 aromatic rings. The number of aromatic nitrogens is 1. The van der Waals surface area contributed by atoms with Crippen LogP contribution in [0.3, 0.4) is 0 Å². The van der Waals surface area contributed by atoms with Gasteiger partial charge in [0.15, 0.2) is 3.95 Å². The molecule has 3 rings (SSSR count). The molecule has 0 radical (unpaired) electrons. The number of carbonyl (C=O) groups is 1. The number of aromatic hydroxyl groups is 1. The zero-order valence-electron chi connectivity index (χ0n) is 13.4. The Morgan fingerprint density at radius 2 is 2.28 bits per heavy atom. The maximum absolute atomic E-state index is 10.6. The SMILES string of the molecule is COc1ccc2c(c1)N=CC2=Cc1sc(=S)n(CCCC(=O)O)c1O. The van der Waals surface area contributed by atoms with Crippen molar-refractivity contribution in [1.82, 2.24) is 4.57 Å². The summed E-state index contributed by atoms with van der Waals surface area (Å²) in [5, 5.41) is 19.1. The van der Waals surface area contributed by atoms with Crippen molar-refractivity contribution >= 4 is 53.1 Å². The number of carboxylic acids is 1. The van der Waals surface area contributed by atoms with E-state index in [1.54, 1.807) is 17.9 Å². The Morgan fingerprint density at radius 1 is 1.48 bits per heavy atom. The number of carboxylic acid groups (broad SMARTS) is 1. The van der Waals surface area contributed by atoms with Crippen LogP contribution < -0.4 is 4.74 Å². The third kappa shape index (κ3) is 3.64. The fourth-order valence-electron chi connectivity index (χ4n) is 2.55. The Labute approximate surface area is 153 Å². The molecule has 0 atom stereocenters. The van der Waals surface area contributed by atoms with Crippen molar-refractivity contribution in [2.45, 2.75) is 19.4 Å². The molecule has 130 valence electrons. The van der Waals surface area contributed by atoms with Crippen LogP contribution in [0.4, 0.5) is 5.69 Å². The lowest BCUT2D eigenvalue weighted by atomic mass is 10.1. The Kier molecular flexibility index (Phi) is 5.00. The number of hydrogen-bond acceptors (Lipinski definition) is 6. The van der Waals surface area contributed by atoms with E-state index >= 15 is 0 Å². The summed E-state index contributed by atoms with van der Waals surface area (Å²) in [6.45, 7) is 0.374. The summed E-state index contributed by atoms with van der Waals surface area (Å²) in [6.07, 6.45) is 4.02. The summed E-state index contributed by atoms with van der Waals surface area (Å²) in [7, 11) is 1.61. The van der Waals surface area contributed by atoms with E-state index in [1.165, 1.54) is 11.3 Å². The van der Waals surface area contributed by atoms with Crippen LogP contribution in [0.5, 0.6) is 11.6 Å². The zero-order valence-corrected chi connectivity index (χ0v) is 15.1. The quantitative estimate of drug-likeness (QED) is 0.741. The molecule has 6 nitrogen and oxygen atoms in total. The molecule has 0 aliphatic carbocycles. The second kappa shape index (κ2) is 7.20. The standard InChI is InChI=1S/C17H16N2O4S2/c1-23-11-4-5-12-10(9-18-13(12)8-11)7-14-16(22)19(17(24)25-14)6-2-3-15(20)21/h4-5,7-9,22H,2-3,6H2,1H3,(H,20,21). The number of allylic oxidation sites excluding steroid dienone is 1. The van der Waals surface area contributed by atoms with Crippen molar-refractivity contribution in [3.63, 3.8) is 0 Å². The molecular weight excluding hydrogens is 360 g/mol. The molecule has 0 amide bonds.